The Balaban J connectivity index is 1.35. The Morgan fingerprint density at radius 2 is 1.62 bits per heavy atom. The zero-order valence-electron chi connectivity index (χ0n) is 27.4. The van der Waals surface area contributed by atoms with Gasteiger partial charge in [-0.3, -0.25) is 28.8 Å². The molecule has 1 aromatic heterocycles. The number of rotatable bonds is 10. The fourth-order valence-corrected chi connectivity index (χ4v) is 8.30. The number of ketones is 1. The van der Waals surface area contributed by atoms with Crippen molar-refractivity contribution in [2.45, 2.75) is 9.79 Å². The first-order chi connectivity index (χ1) is 24.9. The summed E-state index contributed by atoms with van der Waals surface area (Å²) in [7, 11) is -13.5. The Bertz CT molecular complexity index is 2560. The van der Waals surface area contributed by atoms with Gasteiger partial charge in [-0.05, 0) is 53.6 Å². The van der Waals surface area contributed by atoms with E-state index < -0.39 is 62.2 Å². The average molecular weight is 808 g/mol. The maximum Gasteiger partial charge on any atom is 0.297 e. The van der Waals surface area contributed by atoms with Crippen LogP contribution in [0.25, 0.3) is 16.8 Å². The van der Waals surface area contributed by atoms with E-state index in [9.17, 15) is 43.7 Å². The van der Waals surface area contributed by atoms with E-state index in [0.717, 1.165) is 56.0 Å². The lowest BCUT2D eigenvalue weighted by Crippen LogP contribution is -2.48. The van der Waals surface area contributed by atoms with E-state index >= 15 is 0 Å². The first-order valence-corrected chi connectivity index (χ1v) is 20.1. The van der Waals surface area contributed by atoms with Gasteiger partial charge in [-0.25, -0.2) is 0 Å². The number of carbonyl (C=O) groups excluding carboxylic acids is 1. The zero-order chi connectivity index (χ0) is 38.5. The highest BCUT2D eigenvalue weighted by atomic mass is 35.5. The molecule has 23 heteroatoms. The topological polar surface area (TPSA) is 279 Å². The zero-order valence-corrected chi connectivity index (χ0v) is 30.7. The molecule has 1 saturated heterocycles. The summed E-state index contributed by atoms with van der Waals surface area (Å²) in [6.07, 6.45) is 0.985. The Morgan fingerprint density at radius 3 is 2.26 bits per heavy atom. The number of hydrogen-bond donors (Lipinski definition) is 5. The van der Waals surface area contributed by atoms with Gasteiger partial charge in [-0.1, -0.05) is 18.2 Å². The van der Waals surface area contributed by atoms with Gasteiger partial charge >= 0.3 is 0 Å². The number of nitrogens with zero attached hydrogens (tertiary/aromatic N) is 7. The van der Waals surface area contributed by atoms with Crippen LogP contribution >= 0.6 is 11.6 Å². The van der Waals surface area contributed by atoms with E-state index in [2.05, 4.69) is 30.4 Å². The molecule has 3 aromatic carbocycles. The summed E-state index contributed by atoms with van der Waals surface area (Å²) in [5.74, 6) is -0.499. The lowest BCUT2D eigenvalue weighted by atomic mass is 9.94. The molecule has 0 amide bonds. The number of aromatic nitrogens is 3. The van der Waals surface area contributed by atoms with E-state index in [1.165, 1.54) is 23.1 Å². The van der Waals surface area contributed by atoms with Gasteiger partial charge in [-0.2, -0.15) is 45.3 Å². The van der Waals surface area contributed by atoms with E-state index in [1.54, 1.807) is 7.05 Å². The molecule has 2 aliphatic rings. The molecule has 0 atom stereocenters. The normalized spacial score (nSPS) is 16.5. The summed E-state index contributed by atoms with van der Waals surface area (Å²) in [6.45, 7) is 4.04. The molecule has 19 nitrogen and oxygen atoms in total. The molecular formula is C30H30ClN9O10S3. The molecule has 1 aliphatic heterocycles. The summed E-state index contributed by atoms with van der Waals surface area (Å²) in [6, 6.07) is 9.66. The highest BCUT2D eigenvalue weighted by Gasteiger charge is 2.34. The van der Waals surface area contributed by atoms with Gasteiger partial charge in [0.05, 0.1) is 5.69 Å². The predicted molar refractivity (Wildman–Crippen MR) is 196 cm³/mol. The Kier molecular flexibility index (Phi) is 10.3. The van der Waals surface area contributed by atoms with E-state index in [1.807, 2.05) is 4.90 Å². The van der Waals surface area contributed by atoms with Crippen LogP contribution in [0.2, 0.25) is 5.28 Å². The second-order valence-electron chi connectivity index (χ2n) is 11.8. The van der Waals surface area contributed by atoms with Crippen molar-refractivity contribution in [2.75, 3.05) is 61.5 Å². The van der Waals surface area contributed by atoms with Gasteiger partial charge in [-0.15, -0.1) is 0 Å². The minimum atomic E-state index is -5.14. The van der Waals surface area contributed by atoms with Crippen molar-refractivity contribution in [2.24, 2.45) is 10.8 Å². The highest BCUT2D eigenvalue weighted by molar-refractivity contribution is 7.91. The van der Waals surface area contributed by atoms with Crippen molar-refractivity contribution in [1.29, 1.82) is 0 Å². The lowest BCUT2D eigenvalue weighted by Gasteiger charge is -2.34. The van der Waals surface area contributed by atoms with Crippen LogP contribution in [-0.2, 0) is 30.4 Å². The first-order valence-electron chi connectivity index (χ1n) is 15.4. The number of benzene rings is 3. The van der Waals surface area contributed by atoms with Gasteiger partial charge in [0, 0.05) is 68.3 Å². The van der Waals surface area contributed by atoms with Gasteiger partial charge in [0.2, 0.25) is 23.0 Å². The van der Waals surface area contributed by atoms with Crippen LogP contribution < -0.4 is 21.0 Å². The summed E-state index contributed by atoms with van der Waals surface area (Å²) in [5, 5.41) is 3.11. The highest BCUT2D eigenvalue weighted by Crippen LogP contribution is 2.35. The maximum absolute atomic E-state index is 13.7. The number of hydrazone groups is 1. The van der Waals surface area contributed by atoms with Crippen LogP contribution in [0.4, 0.5) is 23.3 Å². The van der Waals surface area contributed by atoms with Crippen LogP contribution in [0, 0.1) is 0 Å². The molecule has 6 rings (SSSR count). The number of carbonyl (C=O) groups is 1. The van der Waals surface area contributed by atoms with Gasteiger partial charge < -0.3 is 15.5 Å². The molecule has 280 valence electrons. The van der Waals surface area contributed by atoms with Crippen LogP contribution in [0.5, 0.6) is 0 Å². The Labute approximate surface area is 308 Å². The van der Waals surface area contributed by atoms with Crippen molar-refractivity contribution < 1.29 is 43.7 Å². The van der Waals surface area contributed by atoms with Crippen molar-refractivity contribution >= 4 is 93.6 Å². The number of nitrogens with two attached hydrogens (primary N) is 1. The summed E-state index contributed by atoms with van der Waals surface area (Å²) < 4.78 is 104. The lowest BCUT2D eigenvalue weighted by molar-refractivity contribution is 0.106. The second kappa shape index (κ2) is 14.3. The molecule has 0 spiro atoms. The Hall–Kier alpha value is -4.65. The van der Waals surface area contributed by atoms with Crippen LogP contribution in [0.3, 0.4) is 0 Å². The third-order valence-electron chi connectivity index (χ3n) is 8.46. The van der Waals surface area contributed by atoms with Crippen LogP contribution in [0.1, 0.15) is 15.9 Å². The average Bonchev–Trinajstić information content (AvgIpc) is 3.09. The van der Waals surface area contributed by atoms with Crippen molar-refractivity contribution in [3.8, 4) is 0 Å². The van der Waals surface area contributed by atoms with Crippen LogP contribution in [0.15, 0.2) is 68.3 Å². The largest absolute Gasteiger partial charge is 0.338 e. The maximum atomic E-state index is 13.7. The molecule has 0 unspecified atom stereocenters. The minimum absolute atomic E-state index is 0.0499. The number of nitrogens with one attached hydrogen (secondary N) is 1. The standard InChI is InChI=1S/C30H30ClN9O10S3/c1-38(29-33-28(31)34-30(35-29)40-13-11-39(10-9-32)12-14-40)18-5-6-19-17(15-18)16-24(52(45,46)47)25(26(19)41)37-36-22-8-7-20-21(27(22)53(48,49)50)3-2-4-23(20)51(42,43)44/h2-8,15-16,36H,9-14,32H2,1H3,(H,42,43,44)(H,45,46,47)(H,48,49,50)/b37-25+. The van der Waals surface area contributed by atoms with E-state index in [0.29, 0.717) is 31.3 Å². The van der Waals surface area contributed by atoms with E-state index in [4.69, 9.17) is 17.3 Å². The molecule has 1 fully saturated rings. The quantitative estimate of drug-likeness (QED) is 0.113. The fraction of sp³-hybridized carbons (Fsp3) is 0.233. The van der Waals surface area contributed by atoms with Gasteiger partial charge in [0.25, 0.3) is 30.4 Å². The summed E-state index contributed by atoms with van der Waals surface area (Å²) in [5.41, 5.74) is 6.97. The van der Waals surface area contributed by atoms with Gasteiger partial charge in [0.1, 0.15) is 14.7 Å². The molecule has 0 saturated carbocycles. The number of hydrogen-bond acceptors (Lipinski definition) is 16. The number of Topliss-reactive ketones (excluding diaryl/α,β-unsaturated/α-hetero) is 1. The smallest absolute Gasteiger partial charge is 0.297 e. The molecule has 6 N–H and O–H groups in total. The van der Waals surface area contributed by atoms with Crippen LogP contribution in [-0.4, -0.2) is 117 Å². The van der Waals surface area contributed by atoms with Crippen molar-refractivity contribution in [1.82, 2.24) is 19.9 Å². The van der Waals surface area contributed by atoms with Crippen molar-refractivity contribution in [3.63, 3.8) is 0 Å². The second-order valence-corrected chi connectivity index (χ2v) is 16.3. The third kappa shape index (κ3) is 7.85. The molecular weight excluding hydrogens is 778 g/mol. The molecule has 0 radical (unpaired) electrons. The third-order valence-corrected chi connectivity index (χ3v) is 11.4. The van der Waals surface area contributed by atoms with E-state index in [-0.39, 0.29) is 33.1 Å². The molecule has 1 aliphatic carbocycles. The summed E-state index contributed by atoms with van der Waals surface area (Å²) in [4.78, 5) is 30.0. The molecule has 2 heterocycles. The number of halogens is 1. The van der Waals surface area contributed by atoms with Crippen molar-refractivity contribution in [3.05, 3.63) is 69.8 Å². The Morgan fingerprint density at radius 1 is 0.906 bits per heavy atom. The summed E-state index contributed by atoms with van der Waals surface area (Å²) >= 11 is 6.27. The molecule has 53 heavy (non-hydrogen) atoms. The SMILES string of the molecule is CN(c1ccc2c(c1)C=C(S(=O)(=O)O)/C(=N\Nc1ccc3c(S(=O)(=O)O)cccc3c1S(=O)(=O)O)C2=O)c1nc(Cl)nc(N2CCN(CCN)CC2)n1. The molecule has 4 aromatic rings. The number of allylic oxidation sites excluding steroid dienone is 1. The minimum Gasteiger partial charge on any atom is -0.338 e. The fourth-order valence-electron chi connectivity index (χ4n) is 5.94. The number of anilines is 4. The molecule has 0 bridgehead atoms. The number of piperazine rings is 1. The monoisotopic (exact) mass is 807 g/mol. The first kappa shape index (κ1) is 38.1. The number of fused-ring (bicyclic) bond motifs is 2. The predicted octanol–water partition coefficient (Wildman–Crippen LogP) is 1.91. The van der Waals surface area contributed by atoms with Gasteiger partial charge in [0.15, 0.2) is 5.71 Å².